The first kappa shape index (κ1) is 26.0. The molecule has 2 N–H and O–H groups in total. The maximum atomic E-state index is 17.3. The van der Waals surface area contributed by atoms with Gasteiger partial charge in [0.05, 0.1) is 6.10 Å². The van der Waals surface area contributed by atoms with E-state index >= 15 is 8.78 Å². The van der Waals surface area contributed by atoms with E-state index in [9.17, 15) is 24.6 Å². The van der Waals surface area contributed by atoms with E-state index in [1.165, 1.54) is 19.1 Å². The number of carbonyl (C=O) groups is 3. The van der Waals surface area contributed by atoms with Crippen molar-refractivity contribution in [1.29, 1.82) is 0 Å². The Kier molecular flexibility index (Phi) is 5.54. The van der Waals surface area contributed by atoms with Crippen LogP contribution in [-0.2, 0) is 19.1 Å². The van der Waals surface area contributed by atoms with Crippen LogP contribution in [0, 0.1) is 40.4 Å². The molecule has 0 spiro atoms. The lowest BCUT2D eigenvalue weighted by molar-refractivity contribution is -0.232. The smallest absolute Gasteiger partial charge is 0.478 e. The van der Waals surface area contributed by atoms with Crippen molar-refractivity contribution in [2.24, 2.45) is 40.4 Å². The van der Waals surface area contributed by atoms with Gasteiger partial charge in [0.1, 0.15) is 12.3 Å². The summed E-state index contributed by atoms with van der Waals surface area (Å²) in [5, 5.41) is 22.0. The Bertz CT molecular complexity index is 1150. The first-order valence-corrected chi connectivity index (χ1v) is 13.9. The number of aliphatic carboxylic acids is 1. The Morgan fingerprint density at radius 1 is 1.11 bits per heavy atom. The average molecular weight is 535 g/mol. The van der Waals surface area contributed by atoms with Crippen molar-refractivity contribution in [3.05, 3.63) is 23.8 Å². The Labute approximate surface area is 220 Å². The lowest BCUT2D eigenvalue weighted by Crippen LogP contribution is -2.71. The first-order valence-electron chi connectivity index (χ1n) is 13.9. The van der Waals surface area contributed by atoms with Gasteiger partial charge in [-0.25, -0.2) is 18.4 Å². The quantitative estimate of drug-likeness (QED) is 0.505. The number of carboxylic acids is 1. The minimum atomic E-state index is -2.33. The second-order valence-corrected chi connectivity index (χ2v) is 13.2. The number of hydrogen-bond donors (Lipinski definition) is 2. The van der Waals surface area contributed by atoms with Crippen LogP contribution in [0.15, 0.2) is 23.8 Å². The van der Waals surface area contributed by atoms with E-state index in [0.29, 0.717) is 5.92 Å². The number of ether oxygens (including phenoxy) is 2. The van der Waals surface area contributed by atoms with E-state index in [-0.39, 0.29) is 36.9 Å². The predicted molar refractivity (Wildman–Crippen MR) is 130 cm³/mol. The molecule has 6 aliphatic carbocycles. The van der Waals surface area contributed by atoms with Crippen LogP contribution in [0.25, 0.3) is 0 Å². The lowest BCUT2D eigenvalue weighted by atomic mass is 9.44. The van der Waals surface area contributed by atoms with Gasteiger partial charge in [0, 0.05) is 22.7 Å². The molecule has 38 heavy (non-hydrogen) atoms. The Morgan fingerprint density at radius 2 is 1.84 bits per heavy atom. The van der Waals surface area contributed by atoms with Crippen LogP contribution in [0.5, 0.6) is 0 Å². The van der Waals surface area contributed by atoms with E-state index in [2.05, 4.69) is 0 Å². The van der Waals surface area contributed by atoms with E-state index in [1.54, 1.807) is 13.8 Å². The summed E-state index contributed by atoms with van der Waals surface area (Å²) in [6, 6.07) is 0. The molecule has 0 heterocycles. The maximum absolute atomic E-state index is 17.3. The number of carboxylic acid groups (broad SMARTS) is 1. The summed E-state index contributed by atoms with van der Waals surface area (Å²) < 4.78 is 44.4. The molecule has 12 atom stereocenters. The highest BCUT2D eigenvalue weighted by Crippen LogP contribution is 2.71. The van der Waals surface area contributed by atoms with Gasteiger partial charge < -0.3 is 19.7 Å². The molecular formula is C29H36F2O7. The third-order valence-electron chi connectivity index (χ3n) is 11.7. The fraction of sp³-hybridized carbons (Fsp3) is 0.759. The van der Waals surface area contributed by atoms with Gasteiger partial charge >= 0.3 is 12.1 Å². The molecule has 0 aromatic heterocycles. The largest absolute Gasteiger partial charge is 0.509 e. The number of alkyl halides is 2. The van der Waals surface area contributed by atoms with Crippen molar-refractivity contribution in [3.8, 4) is 0 Å². The standard InChI is InChI=1S/C29H36F2O7/c1-14-8-18-19-12-21(30)20-11-17(32)6-7-26(20,2)28(19,31)23(33)13-27(18,3)29(14,24(34)35)38-25(36)37-22-10-15-4-5-16(22)9-15/h6-7,11,14-16,18-19,21-23,33H,4-5,8-10,12-13H2,1-3H3,(H,34,35)/t14-,15?,16?,18+,19+,21?,22?,23?,26+,27+,28?,29-/m1/s1. The molecule has 6 unspecified atom stereocenters. The number of fused-ring (bicyclic) bond motifs is 7. The minimum Gasteiger partial charge on any atom is -0.478 e. The molecule has 0 aromatic rings. The number of hydrogen-bond acceptors (Lipinski definition) is 6. The highest BCUT2D eigenvalue weighted by Gasteiger charge is 2.78. The second kappa shape index (κ2) is 8.12. The molecular weight excluding hydrogens is 498 g/mol. The molecule has 0 saturated heterocycles. The molecule has 0 aliphatic heterocycles. The zero-order valence-corrected chi connectivity index (χ0v) is 22.0. The SMILES string of the molecule is C[C@@H]1C[C@H]2[C@@H]3CC(F)C4=CC(=O)C=C[C@]4(C)C3(F)C(O)C[C@]2(C)[C@]1(OC(=O)OC1CC2CCC1C2)C(=O)O. The van der Waals surface area contributed by atoms with Crippen molar-refractivity contribution < 1.29 is 42.9 Å². The van der Waals surface area contributed by atoms with Gasteiger partial charge in [-0.05, 0) is 87.3 Å². The summed E-state index contributed by atoms with van der Waals surface area (Å²) >= 11 is 0. The summed E-state index contributed by atoms with van der Waals surface area (Å²) in [4.78, 5) is 38.1. The summed E-state index contributed by atoms with van der Waals surface area (Å²) in [5.41, 5.74) is -7.34. The van der Waals surface area contributed by atoms with Crippen LogP contribution >= 0.6 is 0 Å². The molecule has 0 radical (unpaired) electrons. The molecule has 5 fully saturated rings. The molecule has 7 nitrogen and oxygen atoms in total. The van der Waals surface area contributed by atoms with Gasteiger partial charge in [0.2, 0.25) is 5.60 Å². The topological polar surface area (TPSA) is 110 Å². The molecule has 0 aromatic carbocycles. The minimum absolute atomic E-state index is 0.00707. The molecule has 6 aliphatic rings. The Morgan fingerprint density at radius 3 is 2.47 bits per heavy atom. The Hall–Kier alpha value is -2.29. The number of halogens is 2. The third-order valence-corrected chi connectivity index (χ3v) is 11.7. The predicted octanol–water partition coefficient (Wildman–Crippen LogP) is 4.72. The van der Waals surface area contributed by atoms with Crippen molar-refractivity contribution >= 4 is 17.9 Å². The fourth-order valence-corrected chi connectivity index (χ4v) is 9.85. The van der Waals surface area contributed by atoms with Crippen LogP contribution in [0.4, 0.5) is 13.6 Å². The van der Waals surface area contributed by atoms with E-state index in [0.717, 1.165) is 31.8 Å². The molecule has 5 saturated carbocycles. The van der Waals surface area contributed by atoms with E-state index < -0.39 is 70.0 Å². The van der Waals surface area contributed by atoms with E-state index in [1.807, 2.05) is 0 Å². The van der Waals surface area contributed by atoms with Crippen LogP contribution in [0.1, 0.15) is 65.7 Å². The van der Waals surface area contributed by atoms with Gasteiger partial charge in [-0.1, -0.05) is 19.9 Å². The summed E-state index contributed by atoms with van der Waals surface area (Å²) in [6.45, 7) is 4.76. The summed E-state index contributed by atoms with van der Waals surface area (Å²) in [5.74, 6) is -3.53. The first-order chi connectivity index (χ1) is 17.8. The molecule has 2 bridgehead atoms. The maximum Gasteiger partial charge on any atom is 0.509 e. The number of aliphatic hydroxyl groups excluding tert-OH is 1. The fourth-order valence-electron chi connectivity index (χ4n) is 9.85. The van der Waals surface area contributed by atoms with Gasteiger partial charge in [-0.15, -0.1) is 0 Å². The second-order valence-electron chi connectivity index (χ2n) is 13.2. The van der Waals surface area contributed by atoms with Crippen molar-refractivity contribution in [3.63, 3.8) is 0 Å². The molecule has 6 rings (SSSR count). The zero-order valence-electron chi connectivity index (χ0n) is 22.0. The molecule has 208 valence electrons. The highest BCUT2D eigenvalue weighted by atomic mass is 19.1. The molecule has 0 amide bonds. The van der Waals surface area contributed by atoms with Gasteiger partial charge in [0.15, 0.2) is 11.5 Å². The van der Waals surface area contributed by atoms with Crippen LogP contribution < -0.4 is 0 Å². The van der Waals surface area contributed by atoms with Crippen molar-refractivity contribution in [2.45, 2.75) is 95.4 Å². The van der Waals surface area contributed by atoms with Crippen molar-refractivity contribution in [1.82, 2.24) is 0 Å². The number of allylic oxidation sites excluding steroid dienone is 4. The number of aliphatic hydroxyl groups is 1. The summed E-state index contributed by atoms with van der Waals surface area (Å²) in [7, 11) is 0. The lowest BCUT2D eigenvalue weighted by Gasteiger charge is -2.62. The summed E-state index contributed by atoms with van der Waals surface area (Å²) in [6.07, 6.45) is 2.39. The van der Waals surface area contributed by atoms with Gasteiger partial charge in [-0.2, -0.15) is 0 Å². The highest BCUT2D eigenvalue weighted by molar-refractivity contribution is 6.01. The van der Waals surface area contributed by atoms with Crippen LogP contribution in [-0.4, -0.2) is 57.8 Å². The Balaban J connectivity index is 1.36. The van der Waals surface area contributed by atoms with Crippen LogP contribution in [0.3, 0.4) is 0 Å². The monoisotopic (exact) mass is 534 g/mol. The van der Waals surface area contributed by atoms with Gasteiger partial charge in [-0.3, -0.25) is 4.79 Å². The number of carbonyl (C=O) groups excluding carboxylic acids is 2. The van der Waals surface area contributed by atoms with Gasteiger partial charge in [0.25, 0.3) is 0 Å². The third kappa shape index (κ3) is 3.05. The van der Waals surface area contributed by atoms with E-state index in [4.69, 9.17) is 9.47 Å². The number of rotatable bonds is 3. The normalized spacial score (nSPS) is 52.6. The average Bonchev–Trinajstić information content (AvgIpc) is 3.51. The van der Waals surface area contributed by atoms with Crippen LogP contribution in [0.2, 0.25) is 0 Å². The molecule has 9 heteroatoms. The zero-order chi connectivity index (χ0) is 27.4. The van der Waals surface area contributed by atoms with Crippen molar-refractivity contribution in [2.75, 3.05) is 0 Å². The number of ketones is 1.